The third kappa shape index (κ3) is 2.14. The van der Waals surface area contributed by atoms with Gasteiger partial charge in [0.05, 0.1) is 0 Å². The normalized spacial score (nSPS) is 15.2. The van der Waals surface area contributed by atoms with Gasteiger partial charge in [0.2, 0.25) is 0 Å². The second-order valence-corrected chi connectivity index (χ2v) is 5.83. The number of hydrogen-bond donors (Lipinski definition) is 1. The van der Waals surface area contributed by atoms with Crippen molar-refractivity contribution in [2.75, 3.05) is 5.73 Å². The van der Waals surface area contributed by atoms with Gasteiger partial charge < -0.3 is 10.3 Å². The van der Waals surface area contributed by atoms with Crippen molar-refractivity contribution in [3.63, 3.8) is 0 Å². The number of nitrogen functional groups attached to an aromatic ring is 1. The molecule has 0 aliphatic heterocycles. The van der Waals surface area contributed by atoms with Gasteiger partial charge in [-0.2, -0.15) is 0 Å². The van der Waals surface area contributed by atoms with E-state index in [0.29, 0.717) is 12.0 Å². The summed E-state index contributed by atoms with van der Waals surface area (Å²) in [5.41, 5.74) is 9.67. The molecule has 0 saturated heterocycles. The minimum absolute atomic E-state index is 0.405. The molecule has 100 valence electrons. The minimum atomic E-state index is 0.405. The molecule has 0 spiro atoms. The SMILES string of the molecule is Cc1ccc(-c2nc(C(C)C)n(C3CC3)c2N)cc1. The first-order valence-electron chi connectivity index (χ1n) is 7.02. The average molecular weight is 255 g/mol. The van der Waals surface area contributed by atoms with Gasteiger partial charge in [-0.05, 0) is 19.8 Å². The Bertz CT molecular complexity index is 589. The lowest BCUT2D eigenvalue weighted by Gasteiger charge is -2.10. The van der Waals surface area contributed by atoms with Gasteiger partial charge in [0.15, 0.2) is 0 Å². The summed E-state index contributed by atoms with van der Waals surface area (Å²) >= 11 is 0. The highest BCUT2D eigenvalue weighted by atomic mass is 15.2. The second kappa shape index (κ2) is 4.41. The molecule has 1 aliphatic carbocycles. The van der Waals surface area contributed by atoms with E-state index in [1.54, 1.807) is 0 Å². The minimum Gasteiger partial charge on any atom is -0.383 e. The number of nitrogens with zero attached hydrogens (tertiary/aromatic N) is 2. The predicted molar refractivity (Wildman–Crippen MR) is 79.2 cm³/mol. The summed E-state index contributed by atoms with van der Waals surface area (Å²) in [6, 6.07) is 9.01. The van der Waals surface area contributed by atoms with Crippen molar-refractivity contribution >= 4 is 5.82 Å². The van der Waals surface area contributed by atoms with Crippen molar-refractivity contribution in [2.45, 2.75) is 45.6 Å². The van der Waals surface area contributed by atoms with E-state index in [2.05, 4.69) is 49.6 Å². The summed E-state index contributed by atoms with van der Waals surface area (Å²) in [4.78, 5) is 4.81. The lowest BCUT2D eigenvalue weighted by molar-refractivity contribution is 0.646. The molecule has 0 atom stereocenters. The van der Waals surface area contributed by atoms with Gasteiger partial charge in [-0.15, -0.1) is 0 Å². The number of nitrogens with two attached hydrogens (primary N) is 1. The lowest BCUT2D eigenvalue weighted by atomic mass is 10.1. The van der Waals surface area contributed by atoms with E-state index >= 15 is 0 Å². The molecule has 3 heteroatoms. The van der Waals surface area contributed by atoms with E-state index in [1.165, 1.54) is 18.4 Å². The maximum atomic E-state index is 6.35. The number of rotatable bonds is 3. The maximum absolute atomic E-state index is 6.35. The first-order chi connectivity index (χ1) is 9.08. The fourth-order valence-electron chi connectivity index (χ4n) is 2.51. The highest BCUT2D eigenvalue weighted by Gasteiger charge is 2.30. The quantitative estimate of drug-likeness (QED) is 0.904. The molecular weight excluding hydrogens is 234 g/mol. The van der Waals surface area contributed by atoms with Crippen LogP contribution in [0.4, 0.5) is 5.82 Å². The Morgan fingerprint density at radius 3 is 2.37 bits per heavy atom. The van der Waals surface area contributed by atoms with Crippen LogP contribution in [0.15, 0.2) is 24.3 Å². The molecular formula is C16H21N3. The number of anilines is 1. The third-order valence-corrected chi connectivity index (χ3v) is 3.73. The van der Waals surface area contributed by atoms with Gasteiger partial charge in [-0.1, -0.05) is 43.7 Å². The summed E-state index contributed by atoms with van der Waals surface area (Å²) in [5, 5.41) is 0. The molecule has 1 aromatic heterocycles. The Morgan fingerprint density at radius 2 is 1.84 bits per heavy atom. The largest absolute Gasteiger partial charge is 0.383 e. The molecule has 0 radical (unpaired) electrons. The Labute approximate surface area is 114 Å². The van der Waals surface area contributed by atoms with Crippen molar-refractivity contribution in [2.24, 2.45) is 0 Å². The first kappa shape index (κ1) is 12.3. The van der Waals surface area contributed by atoms with Gasteiger partial charge in [-0.3, -0.25) is 0 Å². The Balaban J connectivity index is 2.11. The number of aromatic nitrogens is 2. The van der Waals surface area contributed by atoms with Crippen LogP contribution < -0.4 is 5.73 Å². The summed E-state index contributed by atoms with van der Waals surface area (Å²) in [6.07, 6.45) is 2.46. The molecule has 0 bridgehead atoms. The summed E-state index contributed by atoms with van der Waals surface area (Å²) in [7, 11) is 0. The lowest BCUT2D eigenvalue weighted by Crippen LogP contribution is -2.06. The zero-order valence-electron chi connectivity index (χ0n) is 11.9. The highest BCUT2D eigenvalue weighted by molar-refractivity contribution is 5.71. The molecule has 1 saturated carbocycles. The van der Waals surface area contributed by atoms with Crippen LogP contribution in [0.25, 0.3) is 11.3 Å². The fraction of sp³-hybridized carbons (Fsp3) is 0.438. The van der Waals surface area contributed by atoms with E-state index in [0.717, 1.165) is 22.9 Å². The smallest absolute Gasteiger partial charge is 0.132 e. The molecule has 0 amide bonds. The summed E-state index contributed by atoms with van der Waals surface area (Å²) < 4.78 is 2.25. The fourth-order valence-corrected chi connectivity index (χ4v) is 2.51. The summed E-state index contributed by atoms with van der Waals surface area (Å²) in [6.45, 7) is 6.45. The monoisotopic (exact) mass is 255 g/mol. The van der Waals surface area contributed by atoms with Gasteiger partial charge in [0, 0.05) is 17.5 Å². The number of imidazole rings is 1. The Kier molecular flexibility index (Phi) is 2.85. The highest BCUT2D eigenvalue weighted by Crippen LogP contribution is 2.42. The Morgan fingerprint density at radius 1 is 1.21 bits per heavy atom. The van der Waals surface area contributed by atoms with Crippen LogP contribution in [-0.4, -0.2) is 9.55 Å². The van der Waals surface area contributed by atoms with E-state index in [1.807, 2.05) is 0 Å². The van der Waals surface area contributed by atoms with Crippen molar-refractivity contribution < 1.29 is 0 Å². The van der Waals surface area contributed by atoms with Crippen molar-refractivity contribution in [3.05, 3.63) is 35.7 Å². The molecule has 0 unspecified atom stereocenters. The third-order valence-electron chi connectivity index (χ3n) is 3.73. The molecule has 19 heavy (non-hydrogen) atoms. The zero-order chi connectivity index (χ0) is 13.6. The van der Waals surface area contributed by atoms with Gasteiger partial charge in [-0.25, -0.2) is 4.98 Å². The zero-order valence-corrected chi connectivity index (χ0v) is 11.9. The molecule has 1 aliphatic rings. The first-order valence-corrected chi connectivity index (χ1v) is 7.02. The van der Waals surface area contributed by atoms with Crippen LogP contribution in [-0.2, 0) is 0 Å². The number of hydrogen-bond acceptors (Lipinski definition) is 2. The van der Waals surface area contributed by atoms with Crippen molar-refractivity contribution in [3.8, 4) is 11.3 Å². The molecule has 1 heterocycles. The molecule has 1 aromatic carbocycles. The molecule has 1 fully saturated rings. The topological polar surface area (TPSA) is 43.8 Å². The van der Waals surface area contributed by atoms with Crippen molar-refractivity contribution in [1.29, 1.82) is 0 Å². The standard InChI is InChI=1S/C16H21N3/c1-10(2)16-18-14(12-6-4-11(3)5-7-12)15(17)19(16)13-8-9-13/h4-7,10,13H,8-9,17H2,1-3H3. The average Bonchev–Trinajstić information content (AvgIpc) is 3.14. The van der Waals surface area contributed by atoms with Crippen LogP contribution in [0.5, 0.6) is 0 Å². The van der Waals surface area contributed by atoms with Crippen LogP contribution in [0.2, 0.25) is 0 Å². The van der Waals surface area contributed by atoms with Crippen LogP contribution in [0.3, 0.4) is 0 Å². The number of benzene rings is 1. The molecule has 2 N–H and O–H groups in total. The maximum Gasteiger partial charge on any atom is 0.132 e. The summed E-state index contributed by atoms with van der Waals surface area (Å²) in [5.74, 6) is 2.35. The molecule has 3 nitrogen and oxygen atoms in total. The van der Waals surface area contributed by atoms with E-state index < -0.39 is 0 Å². The van der Waals surface area contributed by atoms with E-state index in [-0.39, 0.29) is 0 Å². The van der Waals surface area contributed by atoms with Crippen LogP contribution in [0, 0.1) is 6.92 Å². The van der Waals surface area contributed by atoms with Gasteiger partial charge in [0.1, 0.15) is 17.3 Å². The van der Waals surface area contributed by atoms with Gasteiger partial charge >= 0.3 is 0 Å². The van der Waals surface area contributed by atoms with Gasteiger partial charge in [0.25, 0.3) is 0 Å². The van der Waals surface area contributed by atoms with E-state index in [9.17, 15) is 0 Å². The predicted octanol–water partition coefficient (Wildman–Crippen LogP) is 3.90. The van der Waals surface area contributed by atoms with E-state index in [4.69, 9.17) is 10.7 Å². The number of aryl methyl sites for hydroxylation is 1. The molecule has 2 aromatic rings. The van der Waals surface area contributed by atoms with Crippen molar-refractivity contribution in [1.82, 2.24) is 9.55 Å². The van der Waals surface area contributed by atoms with Crippen LogP contribution in [0.1, 0.15) is 50.0 Å². The Hall–Kier alpha value is -1.77. The van der Waals surface area contributed by atoms with Crippen LogP contribution >= 0.6 is 0 Å². The second-order valence-electron chi connectivity index (χ2n) is 5.83. The molecule has 3 rings (SSSR count).